The number of likely N-dealkylation sites (N-methyl/N-ethyl adjacent to an activating group) is 1. The van der Waals surface area contributed by atoms with Crippen molar-refractivity contribution >= 4 is 108 Å². The summed E-state index contributed by atoms with van der Waals surface area (Å²) >= 11 is 0. The number of carbonyl (C=O) groups excluding carboxylic acids is 5. The molecule has 30 heteroatoms. The number of nitrogens with zero attached hydrogens (tertiary/aromatic N) is 1. The maximum Gasteiger partial charge on any atom is 0.212 e. The van der Waals surface area contributed by atoms with E-state index < -0.39 is 11.6 Å². The summed E-state index contributed by atoms with van der Waals surface area (Å²) in [6.45, 7) is 19.1. The Labute approximate surface area is 564 Å². The maximum atomic E-state index is 13.8. The van der Waals surface area contributed by atoms with E-state index in [1.807, 2.05) is 0 Å². The molecule has 93 heavy (non-hydrogen) atoms. The van der Waals surface area contributed by atoms with Gasteiger partial charge in [0.15, 0.2) is 5.82 Å². The highest BCUT2D eigenvalue weighted by molar-refractivity contribution is 6.22. The number of anilines is 3. The standard InChI is InChI=1S/C14H16FN3O.C13H14FN3O.3C12H12FN3O.5ClH/c1-8-12(17)13(14(8)19)18(2)7-10-5-9(6-16)3-4-11(10)15;1-7-11(16)12(13(7)18)17-6-8-2-3-10(14)9(4-8)5-15;1-6-10(15)11(12(6)17)16-9-3-7(5-14)2-8(13)4-9;1-6-10(15)11(12(6)17)16-8-2-3-9(13)7(4-8)5-14;1-6-10(15)11(12(6)17)16-8-4-2-3-7(5-14)9(8)13;;;;;/h3-5H,1,6-7,16-17H2,2H3;2-4,17H,1,5-6,15-16H2;3*2-4,16H,1,5,14-15H2;5*1H. The van der Waals surface area contributed by atoms with Gasteiger partial charge in [0, 0.05) is 114 Å². The second-order valence-electron chi connectivity index (χ2n) is 19.8. The van der Waals surface area contributed by atoms with Crippen molar-refractivity contribution in [1.29, 1.82) is 0 Å². The molecule has 0 aromatic heterocycles. The molecule has 0 unspecified atom stereocenters. The van der Waals surface area contributed by atoms with Crippen molar-refractivity contribution in [3.63, 3.8) is 0 Å². The third-order valence-corrected chi connectivity index (χ3v) is 13.9. The number of hydrogen-bond acceptors (Lipinski definition) is 20. The third-order valence-electron chi connectivity index (χ3n) is 13.9. The molecule has 0 bridgehead atoms. The van der Waals surface area contributed by atoms with Gasteiger partial charge in [-0.15, -0.1) is 62.0 Å². The van der Waals surface area contributed by atoms with Crippen LogP contribution in [-0.4, -0.2) is 40.9 Å². The smallest absolute Gasteiger partial charge is 0.212 e. The van der Waals surface area contributed by atoms with Gasteiger partial charge in [0.25, 0.3) is 0 Å². The summed E-state index contributed by atoms with van der Waals surface area (Å²) in [5, 5.41) is 11.2. The summed E-state index contributed by atoms with van der Waals surface area (Å²) in [5.74, 6) is -3.03. The van der Waals surface area contributed by atoms with E-state index in [4.69, 9.17) is 57.3 Å². The van der Waals surface area contributed by atoms with Crippen LogP contribution < -0.4 is 78.6 Å². The fraction of sp³-hybridized carbons (Fsp3) is 0.127. The van der Waals surface area contributed by atoms with Crippen LogP contribution in [0.25, 0.3) is 0 Å². The Balaban J connectivity index is 0.000000574. The van der Waals surface area contributed by atoms with E-state index in [0.29, 0.717) is 109 Å². The summed E-state index contributed by atoms with van der Waals surface area (Å²) in [6.07, 6.45) is 0. The average Bonchev–Trinajstić information content (AvgIpc) is 0.869. The minimum absolute atomic E-state index is 0. The molecule has 498 valence electrons. The Morgan fingerprint density at radius 2 is 0.828 bits per heavy atom. The van der Waals surface area contributed by atoms with Crippen molar-refractivity contribution in [3.8, 4) is 0 Å². The van der Waals surface area contributed by atoms with Crippen molar-refractivity contribution < 1.29 is 45.9 Å². The van der Waals surface area contributed by atoms with Crippen LogP contribution in [0.4, 0.5) is 39.0 Å². The average molecular weight is 1390 g/mol. The Morgan fingerprint density at radius 3 is 1.30 bits per heavy atom. The third kappa shape index (κ3) is 18.5. The Hall–Kier alpha value is -9.25. The highest BCUT2D eigenvalue weighted by Crippen LogP contribution is 2.32. The van der Waals surface area contributed by atoms with Crippen LogP contribution in [0, 0.1) is 29.1 Å². The molecule has 24 N–H and O–H groups in total. The van der Waals surface area contributed by atoms with Crippen molar-refractivity contribution in [2.24, 2.45) is 57.3 Å². The van der Waals surface area contributed by atoms with Gasteiger partial charge in [-0.3, -0.25) is 24.0 Å². The molecule has 0 saturated carbocycles. The molecule has 0 radical (unpaired) electrons. The van der Waals surface area contributed by atoms with Gasteiger partial charge in [0.2, 0.25) is 28.9 Å². The topological polar surface area (TPSA) is 397 Å². The summed E-state index contributed by atoms with van der Waals surface area (Å²) in [6, 6.07) is 22.8. The van der Waals surface area contributed by atoms with E-state index in [1.165, 1.54) is 42.5 Å². The van der Waals surface area contributed by atoms with Gasteiger partial charge in [-0.2, -0.15) is 0 Å². The molecule has 0 atom stereocenters. The number of ketones is 5. The predicted molar refractivity (Wildman–Crippen MR) is 364 cm³/mol. The van der Waals surface area contributed by atoms with Crippen LogP contribution in [0.15, 0.2) is 209 Å². The number of carbonyl (C=O) groups is 5. The lowest BCUT2D eigenvalue weighted by Crippen LogP contribution is -2.36. The second-order valence-corrected chi connectivity index (χ2v) is 19.8. The van der Waals surface area contributed by atoms with E-state index in [-0.39, 0.29) is 175 Å². The normalized spacial score (nSPS) is 14.1. The van der Waals surface area contributed by atoms with Crippen LogP contribution in [0.3, 0.4) is 0 Å². The summed E-state index contributed by atoms with van der Waals surface area (Å²) in [7, 11) is 1.70. The number of rotatable bonds is 17. The first-order chi connectivity index (χ1) is 41.6. The lowest BCUT2D eigenvalue weighted by atomic mass is 9.92. The van der Waals surface area contributed by atoms with Crippen LogP contribution in [0.1, 0.15) is 38.9 Å². The van der Waals surface area contributed by atoms with Gasteiger partial charge in [-0.05, 0) is 83.4 Å². The molecule has 0 heterocycles. The Morgan fingerprint density at radius 1 is 0.409 bits per heavy atom. The molecule has 0 spiro atoms. The molecular formula is C63H71Cl5F5N15O5. The summed E-state index contributed by atoms with van der Waals surface area (Å²) < 4.78 is 67.1. The van der Waals surface area contributed by atoms with Crippen LogP contribution >= 0.6 is 62.0 Å². The monoisotopic (exact) mass is 1390 g/mol. The minimum atomic E-state index is -0.472. The van der Waals surface area contributed by atoms with Crippen LogP contribution in [0.2, 0.25) is 0 Å². The quantitative estimate of drug-likeness (QED) is 0.0335. The van der Waals surface area contributed by atoms with Gasteiger partial charge in [-0.1, -0.05) is 57.2 Å². The van der Waals surface area contributed by atoms with E-state index in [9.17, 15) is 45.9 Å². The molecule has 5 aliphatic rings. The lowest BCUT2D eigenvalue weighted by molar-refractivity contribution is -0.115. The fourth-order valence-corrected chi connectivity index (χ4v) is 8.53. The molecule has 0 fully saturated rings. The zero-order valence-corrected chi connectivity index (χ0v) is 53.9. The van der Waals surface area contributed by atoms with Crippen LogP contribution in [0.5, 0.6) is 0 Å². The van der Waals surface area contributed by atoms with E-state index in [0.717, 1.165) is 11.1 Å². The molecule has 0 amide bonds. The van der Waals surface area contributed by atoms with Crippen molar-refractivity contribution in [3.05, 3.63) is 277 Å². The molecule has 5 aromatic carbocycles. The number of halogens is 10. The van der Waals surface area contributed by atoms with Crippen molar-refractivity contribution in [2.45, 2.75) is 45.8 Å². The molecule has 10 rings (SSSR count). The number of hydrogen-bond donors (Lipinski definition) is 14. The molecule has 0 aliphatic heterocycles. The number of Topliss-reactive ketones (excluding diaryl/α,β-unsaturated/α-hetero) is 5. The van der Waals surface area contributed by atoms with E-state index >= 15 is 0 Å². The van der Waals surface area contributed by atoms with Gasteiger partial charge in [0.1, 0.15) is 51.8 Å². The number of allylic oxidation sites excluding steroid dienone is 10. The molecule has 20 nitrogen and oxygen atoms in total. The van der Waals surface area contributed by atoms with E-state index in [2.05, 4.69) is 54.2 Å². The maximum absolute atomic E-state index is 13.8. The fourth-order valence-electron chi connectivity index (χ4n) is 8.53. The highest BCUT2D eigenvalue weighted by Gasteiger charge is 2.35. The summed E-state index contributed by atoms with van der Waals surface area (Å²) in [5.41, 5.74) is 65.1. The Bertz CT molecular complexity index is 4000. The number of benzene rings is 5. The van der Waals surface area contributed by atoms with E-state index in [1.54, 1.807) is 60.5 Å². The first-order valence-corrected chi connectivity index (χ1v) is 26.5. The second kappa shape index (κ2) is 35.5. The van der Waals surface area contributed by atoms with Gasteiger partial charge >= 0.3 is 0 Å². The largest absolute Gasteiger partial charge is 0.396 e. The molecular weight excluding hydrogens is 1320 g/mol. The van der Waals surface area contributed by atoms with Gasteiger partial charge < -0.3 is 83.5 Å². The SMILES string of the molecule is C=C1C(=O)C(N(C)Cc2cc(CN)ccc2F)=C1N.C=C1C(=O)C(NCc2ccc(F)c(CN)c2)=C1N.C=C1C(=O)C(Nc2cc(F)cc(CN)c2)=C1N.C=C1C(=O)C(Nc2ccc(F)c(CN)c2)=C1N.C=C1C(=O)C(Nc2cccc(CN)c2F)=C1N.Cl.Cl.Cl.Cl.Cl. The number of nitrogens with two attached hydrogens (primary N) is 10. The van der Waals surface area contributed by atoms with Crippen LogP contribution in [-0.2, 0) is 69.8 Å². The van der Waals surface area contributed by atoms with Crippen molar-refractivity contribution in [1.82, 2.24) is 10.2 Å². The van der Waals surface area contributed by atoms with Crippen molar-refractivity contribution in [2.75, 3.05) is 23.0 Å². The predicted octanol–water partition coefficient (Wildman–Crippen LogP) is 6.83. The zero-order valence-electron chi connectivity index (χ0n) is 49.8. The molecule has 5 aliphatic carbocycles. The number of nitrogens with one attached hydrogen (secondary N) is 4. The van der Waals surface area contributed by atoms with Gasteiger partial charge in [0.05, 0.1) is 34.2 Å². The minimum Gasteiger partial charge on any atom is -0.396 e. The first-order valence-electron chi connectivity index (χ1n) is 26.5. The zero-order chi connectivity index (χ0) is 65.2. The van der Waals surface area contributed by atoms with Gasteiger partial charge in [-0.25, -0.2) is 22.0 Å². The summed E-state index contributed by atoms with van der Waals surface area (Å²) in [4.78, 5) is 58.8. The molecule has 5 aromatic rings. The lowest BCUT2D eigenvalue weighted by Gasteiger charge is -2.30. The molecule has 0 saturated heterocycles. The Kier molecular flexibility index (Phi) is 31.2. The highest BCUT2D eigenvalue weighted by atomic mass is 35.5. The first kappa shape index (κ1) is 81.8.